The number of esters is 1. The molecule has 0 unspecified atom stereocenters. The first-order valence-corrected chi connectivity index (χ1v) is 9.87. The minimum Gasteiger partial charge on any atom is -0.462 e. The Morgan fingerprint density at radius 3 is 3.08 bits per heavy atom. The number of anilines is 2. The first-order valence-electron chi connectivity index (χ1n) is 8.67. The first-order chi connectivity index (χ1) is 12.7. The van der Waals surface area contributed by atoms with E-state index in [0.29, 0.717) is 18.0 Å². The number of aromatic nitrogens is 2. The summed E-state index contributed by atoms with van der Waals surface area (Å²) in [7, 11) is 0. The zero-order valence-corrected chi connectivity index (χ0v) is 15.9. The average Bonchev–Trinajstić information content (AvgIpc) is 3.20. The van der Waals surface area contributed by atoms with Crippen molar-refractivity contribution >= 4 is 50.6 Å². The number of fused-ring (bicyclic) bond motifs is 3. The van der Waals surface area contributed by atoms with Crippen molar-refractivity contribution in [2.45, 2.75) is 32.6 Å². The maximum Gasteiger partial charge on any atom is 0.338 e. The number of nitrogens with one attached hydrogen (secondary N) is 1. The van der Waals surface area contributed by atoms with Gasteiger partial charge in [0.1, 0.15) is 10.6 Å². The summed E-state index contributed by atoms with van der Waals surface area (Å²) < 4.78 is 5.21. The van der Waals surface area contributed by atoms with E-state index < -0.39 is 0 Å². The molecule has 0 saturated carbocycles. The highest BCUT2D eigenvalue weighted by Gasteiger charge is 2.22. The number of nitrogens with zero attached hydrogens (tertiary/aromatic N) is 2. The fourth-order valence-corrected chi connectivity index (χ4v) is 4.68. The summed E-state index contributed by atoms with van der Waals surface area (Å²) >= 11 is 7.81. The zero-order chi connectivity index (χ0) is 18.1. The molecule has 0 spiro atoms. The number of benzene rings is 1. The van der Waals surface area contributed by atoms with E-state index in [0.717, 1.165) is 41.6 Å². The summed E-state index contributed by atoms with van der Waals surface area (Å²) in [6.45, 7) is 2.38. The van der Waals surface area contributed by atoms with Crippen LogP contribution in [0.2, 0.25) is 5.28 Å². The van der Waals surface area contributed by atoms with Crippen molar-refractivity contribution < 1.29 is 9.53 Å². The maximum absolute atomic E-state index is 12.1. The van der Waals surface area contributed by atoms with Crippen LogP contribution in [0.4, 0.5) is 11.5 Å². The van der Waals surface area contributed by atoms with Gasteiger partial charge in [0.25, 0.3) is 0 Å². The third-order valence-corrected chi connectivity index (χ3v) is 5.69. The summed E-state index contributed by atoms with van der Waals surface area (Å²) in [6.07, 6.45) is 4.09. The summed E-state index contributed by atoms with van der Waals surface area (Å²) in [5.74, 6) is 0.372. The van der Waals surface area contributed by atoms with Gasteiger partial charge in [-0.15, -0.1) is 11.3 Å². The number of aryl methyl sites for hydroxylation is 2. The van der Waals surface area contributed by atoms with Crippen LogP contribution < -0.4 is 5.32 Å². The van der Waals surface area contributed by atoms with Crippen molar-refractivity contribution in [2.75, 3.05) is 11.9 Å². The Labute approximate surface area is 160 Å². The highest BCUT2D eigenvalue weighted by Crippen LogP contribution is 2.40. The Bertz CT molecular complexity index is 986. The minimum atomic E-state index is -0.321. The molecular formula is C19H18ClN3O2S. The molecule has 1 N–H and O–H groups in total. The summed E-state index contributed by atoms with van der Waals surface area (Å²) in [5.41, 5.74) is 2.60. The van der Waals surface area contributed by atoms with E-state index in [4.69, 9.17) is 16.3 Å². The van der Waals surface area contributed by atoms with Crippen molar-refractivity contribution in [3.05, 3.63) is 45.6 Å². The van der Waals surface area contributed by atoms with Gasteiger partial charge < -0.3 is 10.1 Å². The molecule has 0 amide bonds. The fraction of sp³-hybridized carbons (Fsp3) is 0.316. The molecule has 0 bridgehead atoms. The number of carbonyl (C=O) groups excluding carboxylic acids is 1. The second-order valence-electron chi connectivity index (χ2n) is 6.22. The third kappa shape index (κ3) is 3.27. The van der Waals surface area contributed by atoms with E-state index in [-0.39, 0.29) is 11.3 Å². The number of thiophene rings is 1. The third-order valence-electron chi connectivity index (χ3n) is 4.34. The van der Waals surface area contributed by atoms with E-state index >= 15 is 0 Å². The molecule has 0 atom stereocenters. The molecule has 1 aliphatic rings. The second-order valence-corrected chi connectivity index (χ2v) is 7.64. The Kier molecular flexibility index (Phi) is 4.78. The fourth-order valence-electron chi connectivity index (χ4n) is 3.20. The molecule has 134 valence electrons. The lowest BCUT2D eigenvalue weighted by Gasteiger charge is -2.10. The van der Waals surface area contributed by atoms with Gasteiger partial charge in [-0.3, -0.25) is 0 Å². The van der Waals surface area contributed by atoms with Gasteiger partial charge in [0.2, 0.25) is 5.28 Å². The highest BCUT2D eigenvalue weighted by molar-refractivity contribution is 7.19. The standard InChI is InChI=1S/C19H18ClN3O2S/c1-2-9-25-18(24)11-5-3-6-12(10-11)21-16-15-13-7-4-8-14(13)26-17(15)23-19(20)22-16/h3,5-6,10H,2,4,7-9H2,1H3,(H,21,22,23). The Morgan fingerprint density at radius 2 is 2.23 bits per heavy atom. The van der Waals surface area contributed by atoms with Crippen LogP contribution in [-0.4, -0.2) is 22.5 Å². The normalized spacial score (nSPS) is 13.0. The minimum absolute atomic E-state index is 0.221. The Morgan fingerprint density at radius 1 is 1.35 bits per heavy atom. The van der Waals surface area contributed by atoms with Crippen LogP contribution in [0.3, 0.4) is 0 Å². The molecular weight excluding hydrogens is 370 g/mol. The van der Waals surface area contributed by atoms with E-state index in [1.165, 1.54) is 10.4 Å². The summed E-state index contributed by atoms with van der Waals surface area (Å²) in [5, 5.41) is 4.59. The van der Waals surface area contributed by atoms with Crippen LogP contribution in [0.5, 0.6) is 0 Å². The van der Waals surface area contributed by atoms with Crippen LogP contribution in [0.1, 0.15) is 40.6 Å². The topological polar surface area (TPSA) is 64.1 Å². The van der Waals surface area contributed by atoms with E-state index in [2.05, 4.69) is 15.3 Å². The van der Waals surface area contributed by atoms with E-state index in [1.807, 2.05) is 19.1 Å². The van der Waals surface area contributed by atoms with Gasteiger partial charge in [-0.05, 0) is 61.0 Å². The SMILES string of the molecule is CCCOC(=O)c1cccc(Nc2nc(Cl)nc3sc4c(c23)CCC4)c1. The van der Waals surface area contributed by atoms with Gasteiger partial charge in [0, 0.05) is 10.6 Å². The molecule has 0 saturated heterocycles. The van der Waals surface area contributed by atoms with E-state index in [1.54, 1.807) is 23.5 Å². The lowest BCUT2D eigenvalue weighted by atomic mass is 10.1. The van der Waals surface area contributed by atoms with Gasteiger partial charge in [0.15, 0.2) is 0 Å². The van der Waals surface area contributed by atoms with Crippen molar-refractivity contribution in [3.63, 3.8) is 0 Å². The van der Waals surface area contributed by atoms with Gasteiger partial charge in [0.05, 0.1) is 17.6 Å². The molecule has 1 aliphatic carbocycles. The molecule has 2 aromatic heterocycles. The molecule has 7 heteroatoms. The molecule has 0 fully saturated rings. The molecule has 0 aliphatic heterocycles. The van der Waals surface area contributed by atoms with Crippen LogP contribution in [-0.2, 0) is 17.6 Å². The lowest BCUT2D eigenvalue weighted by Crippen LogP contribution is -2.06. The maximum atomic E-state index is 12.1. The van der Waals surface area contributed by atoms with Crippen molar-refractivity contribution in [3.8, 4) is 0 Å². The van der Waals surface area contributed by atoms with Gasteiger partial charge >= 0.3 is 5.97 Å². The smallest absolute Gasteiger partial charge is 0.338 e. The number of hydrogen-bond acceptors (Lipinski definition) is 6. The van der Waals surface area contributed by atoms with Crippen LogP contribution >= 0.6 is 22.9 Å². The Hall–Kier alpha value is -2.18. The monoisotopic (exact) mass is 387 g/mol. The van der Waals surface area contributed by atoms with Crippen LogP contribution in [0.25, 0.3) is 10.2 Å². The van der Waals surface area contributed by atoms with Crippen LogP contribution in [0, 0.1) is 0 Å². The lowest BCUT2D eigenvalue weighted by molar-refractivity contribution is 0.0505. The highest BCUT2D eigenvalue weighted by atomic mass is 35.5. The zero-order valence-electron chi connectivity index (χ0n) is 14.3. The molecule has 3 aromatic rings. The predicted octanol–water partition coefficient (Wildman–Crippen LogP) is 5.14. The molecule has 1 aromatic carbocycles. The molecule has 5 nitrogen and oxygen atoms in total. The number of halogens is 1. The van der Waals surface area contributed by atoms with Crippen molar-refractivity contribution in [1.82, 2.24) is 9.97 Å². The predicted molar refractivity (Wildman–Crippen MR) is 105 cm³/mol. The molecule has 26 heavy (non-hydrogen) atoms. The van der Waals surface area contributed by atoms with E-state index in [9.17, 15) is 4.79 Å². The first kappa shape index (κ1) is 17.2. The van der Waals surface area contributed by atoms with Crippen molar-refractivity contribution in [1.29, 1.82) is 0 Å². The second kappa shape index (κ2) is 7.21. The summed E-state index contributed by atoms with van der Waals surface area (Å²) in [6, 6.07) is 7.23. The van der Waals surface area contributed by atoms with Crippen LogP contribution in [0.15, 0.2) is 24.3 Å². The molecule has 2 heterocycles. The molecule has 4 rings (SSSR count). The molecule has 0 radical (unpaired) electrons. The number of rotatable bonds is 5. The number of hydrogen-bond donors (Lipinski definition) is 1. The average molecular weight is 388 g/mol. The largest absolute Gasteiger partial charge is 0.462 e. The quantitative estimate of drug-likeness (QED) is 0.484. The van der Waals surface area contributed by atoms with Gasteiger partial charge in [-0.2, -0.15) is 4.98 Å². The Balaban J connectivity index is 1.68. The number of ether oxygens (including phenoxy) is 1. The number of carbonyl (C=O) groups is 1. The van der Waals surface area contributed by atoms with Gasteiger partial charge in [-0.1, -0.05) is 13.0 Å². The van der Waals surface area contributed by atoms with Crippen molar-refractivity contribution in [2.24, 2.45) is 0 Å². The summed E-state index contributed by atoms with van der Waals surface area (Å²) in [4.78, 5) is 23.2. The van der Waals surface area contributed by atoms with Gasteiger partial charge in [-0.25, -0.2) is 9.78 Å².